The van der Waals surface area contributed by atoms with Gasteiger partial charge in [0.2, 0.25) is 0 Å². The molecule has 1 aromatic carbocycles. The quantitative estimate of drug-likeness (QED) is 0.890. The molecule has 0 amide bonds. The Balaban J connectivity index is 1.99. The minimum absolute atomic E-state index is 0.552. The van der Waals surface area contributed by atoms with E-state index >= 15 is 0 Å². The summed E-state index contributed by atoms with van der Waals surface area (Å²) in [5.41, 5.74) is -0.456. The third-order valence-electron chi connectivity index (χ3n) is 4.12. The number of hydrogen-bond acceptors (Lipinski definition) is 3. The topological polar surface area (TPSA) is 55.8 Å². The average Bonchev–Trinajstić information content (AvgIpc) is 2.97. The van der Waals surface area contributed by atoms with E-state index in [0.29, 0.717) is 0 Å². The molecular weight excluding hydrogens is 244 g/mol. The fourth-order valence-electron chi connectivity index (χ4n) is 3.09. The number of carbonyl (C=O) groups is 1. The Morgan fingerprint density at radius 3 is 2.47 bits per heavy atom. The third-order valence-corrected chi connectivity index (χ3v) is 4.12. The van der Waals surface area contributed by atoms with Gasteiger partial charge < -0.3 is 14.6 Å². The Hall–Kier alpha value is -1.39. The molecule has 0 radical (unpaired) electrons. The fraction of sp³-hybridized carbons (Fsp3) is 0.533. The second-order valence-electron chi connectivity index (χ2n) is 5.54. The zero-order valence-electron chi connectivity index (χ0n) is 11.0. The van der Waals surface area contributed by atoms with Gasteiger partial charge in [-0.2, -0.15) is 0 Å². The largest absolute Gasteiger partial charge is 0.479 e. The molecule has 19 heavy (non-hydrogen) atoms. The molecule has 3 rings (SSSR count). The molecule has 2 atom stereocenters. The zero-order chi connectivity index (χ0) is 13.5. The molecule has 4 heteroatoms. The van der Waals surface area contributed by atoms with E-state index in [-0.39, 0.29) is 0 Å². The first kappa shape index (κ1) is 12.6. The van der Waals surface area contributed by atoms with Crippen LogP contribution in [-0.4, -0.2) is 22.5 Å². The number of hydrogen-bond donors (Lipinski definition) is 1. The van der Waals surface area contributed by atoms with Crippen LogP contribution in [0.25, 0.3) is 0 Å². The molecule has 1 aliphatic heterocycles. The Morgan fingerprint density at radius 1 is 1.26 bits per heavy atom. The standard InChI is InChI=1S/C15H18O4/c1-14(13(16)17)12(11-7-3-2-4-8-11)18-15(19-14)9-5-6-10-15/h2-4,7-8,12H,5-6,9-10H2,1H3,(H,16,17)/t12-,14+/m0/s1. The maximum absolute atomic E-state index is 11.6. The molecule has 1 saturated heterocycles. The minimum Gasteiger partial charge on any atom is -0.479 e. The number of rotatable bonds is 2. The maximum Gasteiger partial charge on any atom is 0.338 e. The van der Waals surface area contributed by atoms with Gasteiger partial charge in [-0.3, -0.25) is 0 Å². The summed E-state index contributed by atoms with van der Waals surface area (Å²) in [6.45, 7) is 1.61. The van der Waals surface area contributed by atoms with Crippen molar-refractivity contribution in [1.82, 2.24) is 0 Å². The summed E-state index contributed by atoms with van der Waals surface area (Å²) >= 11 is 0. The van der Waals surface area contributed by atoms with Crippen molar-refractivity contribution >= 4 is 5.97 Å². The normalized spacial score (nSPS) is 32.8. The van der Waals surface area contributed by atoms with Crippen molar-refractivity contribution < 1.29 is 19.4 Å². The average molecular weight is 262 g/mol. The van der Waals surface area contributed by atoms with Gasteiger partial charge in [0, 0.05) is 12.8 Å². The van der Waals surface area contributed by atoms with Crippen LogP contribution in [0.2, 0.25) is 0 Å². The van der Waals surface area contributed by atoms with Crippen molar-refractivity contribution in [2.45, 2.75) is 50.1 Å². The summed E-state index contributed by atoms with van der Waals surface area (Å²) < 4.78 is 12.0. The zero-order valence-corrected chi connectivity index (χ0v) is 11.0. The minimum atomic E-state index is -1.31. The number of carboxylic acid groups (broad SMARTS) is 1. The van der Waals surface area contributed by atoms with E-state index in [9.17, 15) is 9.90 Å². The molecule has 2 aliphatic rings. The van der Waals surface area contributed by atoms with Crippen LogP contribution in [0.4, 0.5) is 0 Å². The highest BCUT2D eigenvalue weighted by Crippen LogP contribution is 2.52. The number of carboxylic acids is 1. The van der Waals surface area contributed by atoms with Crippen LogP contribution in [0.5, 0.6) is 0 Å². The van der Waals surface area contributed by atoms with E-state index in [4.69, 9.17) is 9.47 Å². The first-order chi connectivity index (χ1) is 9.06. The highest BCUT2D eigenvalue weighted by molar-refractivity contribution is 5.78. The van der Waals surface area contributed by atoms with E-state index < -0.39 is 23.5 Å². The van der Waals surface area contributed by atoms with Crippen molar-refractivity contribution in [2.24, 2.45) is 0 Å². The van der Waals surface area contributed by atoms with E-state index in [1.54, 1.807) is 6.92 Å². The summed E-state index contributed by atoms with van der Waals surface area (Å²) in [4.78, 5) is 11.6. The van der Waals surface area contributed by atoms with Crippen LogP contribution >= 0.6 is 0 Å². The lowest BCUT2D eigenvalue weighted by atomic mass is 9.93. The Morgan fingerprint density at radius 2 is 1.89 bits per heavy atom. The van der Waals surface area contributed by atoms with Crippen molar-refractivity contribution in [3.05, 3.63) is 35.9 Å². The second kappa shape index (κ2) is 4.32. The van der Waals surface area contributed by atoms with Gasteiger partial charge in [-0.05, 0) is 25.3 Å². The van der Waals surface area contributed by atoms with Crippen LogP contribution in [0.15, 0.2) is 30.3 Å². The molecule has 1 aliphatic carbocycles. The van der Waals surface area contributed by atoms with E-state index in [0.717, 1.165) is 31.2 Å². The fourth-order valence-corrected chi connectivity index (χ4v) is 3.09. The lowest BCUT2D eigenvalue weighted by Crippen LogP contribution is -2.41. The molecule has 2 fully saturated rings. The summed E-state index contributed by atoms with van der Waals surface area (Å²) in [5.74, 6) is -1.67. The van der Waals surface area contributed by atoms with E-state index in [2.05, 4.69) is 0 Å². The Labute approximate surface area is 112 Å². The molecule has 1 heterocycles. The molecule has 1 spiro atoms. The van der Waals surface area contributed by atoms with Gasteiger partial charge in [0.25, 0.3) is 0 Å². The van der Waals surface area contributed by atoms with Gasteiger partial charge in [0.05, 0.1) is 0 Å². The lowest BCUT2D eigenvalue weighted by Gasteiger charge is -2.25. The van der Waals surface area contributed by atoms with Gasteiger partial charge in [0.15, 0.2) is 11.4 Å². The molecule has 1 aromatic rings. The van der Waals surface area contributed by atoms with Crippen molar-refractivity contribution in [1.29, 1.82) is 0 Å². The monoisotopic (exact) mass is 262 g/mol. The third kappa shape index (κ3) is 1.95. The smallest absolute Gasteiger partial charge is 0.338 e. The van der Waals surface area contributed by atoms with Gasteiger partial charge >= 0.3 is 5.97 Å². The Kier molecular flexibility index (Phi) is 2.87. The summed E-state index contributed by atoms with van der Waals surface area (Å²) in [5, 5.41) is 9.54. The molecule has 1 N–H and O–H groups in total. The molecule has 1 saturated carbocycles. The van der Waals surface area contributed by atoms with Crippen LogP contribution in [-0.2, 0) is 14.3 Å². The van der Waals surface area contributed by atoms with Crippen LogP contribution in [0.1, 0.15) is 44.3 Å². The predicted molar refractivity (Wildman–Crippen MR) is 68.6 cm³/mol. The SMILES string of the molecule is C[C@@]1(C(=O)O)OC2(CCCC2)O[C@H]1c1ccccc1. The Bertz CT molecular complexity index is 478. The number of ether oxygens (including phenoxy) is 2. The lowest BCUT2D eigenvalue weighted by molar-refractivity contribution is -0.194. The van der Waals surface area contributed by atoms with Gasteiger partial charge in [-0.25, -0.2) is 4.79 Å². The van der Waals surface area contributed by atoms with Crippen LogP contribution in [0, 0.1) is 0 Å². The molecule has 0 bridgehead atoms. The van der Waals surface area contributed by atoms with E-state index in [1.807, 2.05) is 30.3 Å². The summed E-state index contributed by atoms with van der Waals surface area (Å²) in [6.07, 6.45) is 3.05. The first-order valence-corrected chi connectivity index (χ1v) is 6.72. The predicted octanol–water partition coefficient (Wildman–Crippen LogP) is 2.89. The van der Waals surface area contributed by atoms with Gasteiger partial charge in [-0.15, -0.1) is 0 Å². The maximum atomic E-state index is 11.6. The molecule has 4 nitrogen and oxygen atoms in total. The van der Waals surface area contributed by atoms with Gasteiger partial charge in [0.1, 0.15) is 6.10 Å². The van der Waals surface area contributed by atoms with Crippen LogP contribution < -0.4 is 0 Å². The first-order valence-electron chi connectivity index (χ1n) is 6.72. The molecule has 0 aromatic heterocycles. The van der Waals surface area contributed by atoms with Crippen molar-refractivity contribution in [3.63, 3.8) is 0 Å². The van der Waals surface area contributed by atoms with Crippen LogP contribution in [0.3, 0.4) is 0 Å². The number of benzene rings is 1. The molecule has 0 unspecified atom stereocenters. The highest BCUT2D eigenvalue weighted by Gasteiger charge is 2.59. The molecular formula is C15H18O4. The summed E-state index contributed by atoms with van der Waals surface area (Å²) in [7, 11) is 0. The van der Waals surface area contributed by atoms with E-state index in [1.165, 1.54) is 0 Å². The van der Waals surface area contributed by atoms with Crippen molar-refractivity contribution in [2.75, 3.05) is 0 Å². The summed E-state index contributed by atoms with van der Waals surface area (Å²) in [6, 6.07) is 9.47. The number of aliphatic carboxylic acids is 1. The molecule has 102 valence electrons. The second-order valence-corrected chi connectivity index (χ2v) is 5.54. The van der Waals surface area contributed by atoms with Crippen molar-refractivity contribution in [3.8, 4) is 0 Å². The highest BCUT2D eigenvalue weighted by atomic mass is 16.8. The van der Waals surface area contributed by atoms with Gasteiger partial charge in [-0.1, -0.05) is 30.3 Å².